The van der Waals surface area contributed by atoms with Crippen LogP contribution in [0.15, 0.2) is 18.2 Å². The third-order valence-corrected chi connectivity index (χ3v) is 2.81. The van der Waals surface area contributed by atoms with Gasteiger partial charge < -0.3 is 15.4 Å². The quantitative estimate of drug-likeness (QED) is 0.861. The molecule has 20 heavy (non-hydrogen) atoms. The maximum Gasteiger partial charge on any atom is 0.407 e. The third-order valence-electron chi connectivity index (χ3n) is 2.81. The second-order valence-corrected chi connectivity index (χ2v) is 5.01. The van der Waals surface area contributed by atoms with Crippen LogP contribution in [0.3, 0.4) is 0 Å². The molecule has 0 unspecified atom stereocenters. The number of hydrogen-bond acceptors (Lipinski definition) is 3. The van der Waals surface area contributed by atoms with E-state index in [1.165, 1.54) is 23.8 Å². The highest BCUT2D eigenvalue weighted by molar-refractivity contribution is 5.82. The van der Waals surface area contributed by atoms with Gasteiger partial charge in [-0.1, -0.05) is 29.3 Å². The van der Waals surface area contributed by atoms with Gasteiger partial charge in [-0.2, -0.15) is 0 Å². The van der Waals surface area contributed by atoms with Crippen molar-refractivity contribution in [3.8, 4) is 0 Å². The molecule has 5 heteroatoms. The lowest BCUT2D eigenvalue weighted by Crippen LogP contribution is -2.41. The maximum absolute atomic E-state index is 11.6. The minimum atomic E-state index is -0.609. The standard InChI is InChI=1S/C15H22N2O3/c1-10-5-11(2)7-13(6-10)8-12(3)17-14(18)9-16-15(19)20-4/h5-7,12H,8-9H2,1-4H3,(H,16,19)(H,17,18)/t12-/m0/s1. The lowest BCUT2D eigenvalue weighted by Gasteiger charge is -2.15. The predicted molar refractivity (Wildman–Crippen MR) is 77.6 cm³/mol. The molecule has 110 valence electrons. The number of rotatable bonds is 5. The molecule has 0 fully saturated rings. The first-order valence-corrected chi connectivity index (χ1v) is 6.59. The minimum absolute atomic E-state index is 0.00291. The van der Waals surface area contributed by atoms with Crippen LogP contribution in [0.5, 0.6) is 0 Å². The van der Waals surface area contributed by atoms with Crippen molar-refractivity contribution in [1.29, 1.82) is 0 Å². The Balaban J connectivity index is 2.44. The Hall–Kier alpha value is -2.04. The number of carbonyl (C=O) groups excluding carboxylic acids is 2. The number of benzene rings is 1. The number of amides is 2. The summed E-state index contributed by atoms with van der Waals surface area (Å²) in [6.45, 7) is 5.97. The Morgan fingerprint density at radius 1 is 1.20 bits per heavy atom. The van der Waals surface area contributed by atoms with E-state index < -0.39 is 6.09 Å². The highest BCUT2D eigenvalue weighted by Gasteiger charge is 2.10. The fourth-order valence-corrected chi connectivity index (χ4v) is 2.14. The Kier molecular flexibility index (Phi) is 6.03. The first-order chi connectivity index (χ1) is 9.40. The van der Waals surface area contributed by atoms with Crippen molar-refractivity contribution in [3.63, 3.8) is 0 Å². The van der Waals surface area contributed by atoms with Gasteiger partial charge >= 0.3 is 6.09 Å². The van der Waals surface area contributed by atoms with Gasteiger partial charge in [-0.15, -0.1) is 0 Å². The number of carbonyl (C=O) groups is 2. The molecule has 0 saturated heterocycles. The van der Waals surface area contributed by atoms with Crippen LogP contribution in [0.25, 0.3) is 0 Å². The molecule has 0 aliphatic rings. The average Bonchev–Trinajstić information content (AvgIpc) is 2.34. The summed E-state index contributed by atoms with van der Waals surface area (Å²) in [6, 6.07) is 6.35. The molecule has 0 saturated carbocycles. The molecule has 0 aliphatic carbocycles. The van der Waals surface area contributed by atoms with E-state index in [-0.39, 0.29) is 18.5 Å². The Bertz CT molecular complexity index is 466. The molecule has 2 N–H and O–H groups in total. The van der Waals surface area contributed by atoms with Gasteiger partial charge in [0.15, 0.2) is 0 Å². The first kappa shape index (κ1) is 16.0. The molecule has 0 aromatic heterocycles. The highest BCUT2D eigenvalue weighted by atomic mass is 16.5. The van der Waals surface area contributed by atoms with Crippen LogP contribution in [0.2, 0.25) is 0 Å². The molecule has 0 bridgehead atoms. The number of nitrogens with one attached hydrogen (secondary N) is 2. The van der Waals surface area contributed by atoms with Gasteiger partial charge in [-0.3, -0.25) is 4.79 Å². The van der Waals surface area contributed by atoms with Gasteiger partial charge in [0.2, 0.25) is 5.91 Å². The van der Waals surface area contributed by atoms with E-state index in [4.69, 9.17) is 0 Å². The minimum Gasteiger partial charge on any atom is -0.453 e. The second-order valence-electron chi connectivity index (χ2n) is 5.01. The van der Waals surface area contributed by atoms with Crippen LogP contribution in [0.4, 0.5) is 4.79 Å². The normalized spacial score (nSPS) is 11.6. The van der Waals surface area contributed by atoms with Gasteiger partial charge in [0.25, 0.3) is 0 Å². The van der Waals surface area contributed by atoms with Crippen LogP contribution in [0.1, 0.15) is 23.6 Å². The number of hydrogen-bond donors (Lipinski definition) is 2. The van der Waals surface area contributed by atoms with Crippen molar-refractivity contribution < 1.29 is 14.3 Å². The molecule has 0 radical (unpaired) electrons. The van der Waals surface area contributed by atoms with Crippen molar-refractivity contribution in [2.24, 2.45) is 0 Å². The van der Waals surface area contributed by atoms with Gasteiger partial charge in [0.05, 0.1) is 7.11 Å². The number of aryl methyl sites for hydroxylation is 2. The van der Waals surface area contributed by atoms with E-state index in [1.54, 1.807) is 0 Å². The van der Waals surface area contributed by atoms with Crippen molar-refractivity contribution in [2.75, 3.05) is 13.7 Å². The topological polar surface area (TPSA) is 67.4 Å². The van der Waals surface area contributed by atoms with Gasteiger partial charge in [-0.25, -0.2) is 4.79 Å². The van der Waals surface area contributed by atoms with E-state index >= 15 is 0 Å². The molecule has 2 amide bonds. The average molecular weight is 278 g/mol. The fraction of sp³-hybridized carbons (Fsp3) is 0.467. The van der Waals surface area contributed by atoms with Crippen molar-refractivity contribution >= 4 is 12.0 Å². The lowest BCUT2D eigenvalue weighted by molar-refractivity contribution is -0.120. The SMILES string of the molecule is COC(=O)NCC(=O)N[C@@H](C)Cc1cc(C)cc(C)c1. The Labute approximate surface area is 119 Å². The fourth-order valence-electron chi connectivity index (χ4n) is 2.14. The van der Waals surface area contributed by atoms with E-state index in [2.05, 4.69) is 47.4 Å². The van der Waals surface area contributed by atoms with E-state index in [0.29, 0.717) is 0 Å². The van der Waals surface area contributed by atoms with Gasteiger partial charge in [0.1, 0.15) is 6.54 Å². The van der Waals surface area contributed by atoms with Gasteiger partial charge in [0, 0.05) is 6.04 Å². The van der Waals surface area contributed by atoms with Crippen LogP contribution in [0, 0.1) is 13.8 Å². The van der Waals surface area contributed by atoms with E-state index in [9.17, 15) is 9.59 Å². The zero-order valence-corrected chi connectivity index (χ0v) is 12.4. The predicted octanol–water partition coefficient (Wildman–Crippen LogP) is 1.71. The van der Waals surface area contributed by atoms with E-state index in [1.807, 2.05) is 6.92 Å². The largest absolute Gasteiger partial charge is 0.453 e. The summed E-state index contributed by atoms with van der Waals surface area (Å²) in [5, 5.41) is 5.18. The van der Waals surface area contributed by atoms with Crippen molar-refractivity contribution in [1.82, 2.24) is 10.6 Å². The summed E-state index contributed by atoms with van der Waals surface area (Å²) in [5.74, 6) is -0.229. The second kappa shape index (κ2) is 7.53. The number of methoxy groups -OCH3 is 1. The summed E-state index contributed by atoms with van der Waals surface area (Å²) in [7, 11) is 1.26. The molecular formula is C15H22N2O3. The summed E-state index contributed by atoms with van der Waals surface area (Å²) in [4.78, 5) is 22.5. The summed E-state index contributed by atoms with van der Waals surface area (Å²) in [5.41, 5.74) is 3.62. The van der Waals surface area contributed by atoms with Crippen LogP contribution < -0.4 is 10.6 Å². The van der Waals surface area contributed by atoms with Gasteiger partial charge in [-0.05, 0) is 32.8 Å². The van der Waals surface area contributed by atoms with Crippen LogP contribution in [-0.4, -0.2) is 31.7 Å². The molecule has 1 aromatic rings. The van der Waals surface area contributed by atoms with Crippen LogP contribution in [-0.2, 0) is 16.0 Å². The van der Waals surface area contributed by atoms with Crippen molar-refractivity contribution in [2.45, 2.75) is 33.2 Å². The van der Waals surface area contributed by atoms with Crippen molar-refractivity contribution in [3.05, 3.63) is 34.9 Å². The monoisotopic (exact) mass is 278 g/mol. The van der Waals surface area contributed by atoms with Crippen LogP contribution >= 0.6 is 0 Å². The molecule has 1 atom stereocenters. The maximum atomic E-state index is 11.6. The zero-order valence-electron chi connectivity index (χ0n) is 12.4. The summed E-state index contributed by atoms with van der Waals surface area (Å²) in [6.07, 6.45) is 0.147. The lowest BCUT2D eigenvalue weighted by atomic mass is 10.0. The zero-order chi connectivity index (χ0) is 15.1. The first-order valence-electron chi connectivity index (χ1n) is 6.59. The molecule has 0 heterocycles. The molecule has 1 aromatic carbocycles. The summed E-state index contributed by atoms with van der Waals surface area (Å²) < 4.78 is 4.40. The Morgan fingerprint density at radius 2 is 1.80 bits per heavy atom. The molecule has 0 aliphatic heterocycles. The highest BCUT2D eigenvalue weighted by Crippen LogP contribution is 2.10. The summed E-state index contributed by atoms with van der Waals surface area (Å²) >= 11 is 0. The molecule has 1 rings (SSSR count). The molecule has 0 spiro atoms. The smallest absolute Gasteiger partial charge is 0.407 e. The number of alkyl carbamates (subject to hydrolysis) is 1. The van der Waals surface area contributed by atoms with E-state index in [0.717, 1.165) is 6.42 Å². The third kappa shape index (κ3) is 5.73. The number of ether oxygens (including phenoxy) is 1. The molecular weight excluding hydrogens is 256 g/mol. The molecule has 5 nitrogen and oxygen atoms in total. The Morgan fingerprint density at radius 3 is 2.35 bits per heavy atom.